The number of hydrogen-bond acceptors (Lipinski definition) is 4. The van der Waals surface area contributed by atoms with Crippen molar-refractivity contribution in [1.82, 2.24) is 10.8 Å². The summed E-state index contributed by atoms with van der Waals surface area (Å²) in [6, 6.07) is 8.67. The Morgan fingerprint density at radius 3 is 2.42 bits per heavy atom. The number of benzene rings is 2. The number of nitrogens with zero attached hydrogens (tertiary/aromatic N) is 2. The van der Waals surface area contributed by atoms with E-state index in [2.05, 4.69) is 15.8 Å². The van der Waals surface area contributed by atoms with Gasteiger partial charge in [-0.05, 0) is 54.8 Å². The third-order valence-corrected chi connectivity index (χ3v) is 5.76. The predicted molar refractivity (Wildman–Crippen MR) is 112 cm³/mol. The van der Waals surface area contributed by atoms with Crippen LogP contribution in [-0.2, 0) is 10.4 Å². The Morgan fingerprint density at radius 1 is 1.18 bits per heavy atom. The van der Waals surface area contributed by atoms with Gasteiger partial charge in [0.15, 0.2) is 0 Å². The van der Waals surface area contributed by atoms with Gasteiger partial charge in [0.1, 0.15) is 17.2 Å². The van der Waals surface area contributed by atoms with Crippen LogP contribution in [0, 0.1) is 17.1 Å². The van der Waals surface area contributed by atoms with E-state index in [1.54, 1.807) is 0 Å². The molecule has 1 aliphatic heterocycles. The van der Waals surface area contributed by atoms with Crippen molar-refractivity contribution in [3.63, 3.8) is 0 Å². The Morgan fingerprint density at radius 2 is 1.85 bits per heavy atom. The maximum Gasteiger partial charge on any atom is 0.424 e. The highest BCUT2D eigenvalue weighted by atomic mass is 35.5. The minimum Gasteiger partial charge on any atom is -0.334 e. The van der Waals surface area contributed by atoms with Gasteiger partial charge < -0.3 is 5.32 Å². The van der Waals surface area contributed by atoms with E-state index in [4.69, 9.17) is 33.3 Å². The molecule has 172 valence electrons. The third-order valence-electron chi connectivity index (χ3n) is 5.32. The lowest BCUT2D eigenvalue weighted by molar-refractivity contribution is -0.282. The number of alkyl halides is 3. The van der Waals surface area contributed by atoms with E-state index in [0.29, 0.717) is 12.8 Å². The number of amidine groups is 1. The van der Waals surface area contributed by atoms with Crippen molar-refractivity contribution < 1.29 is 27.2 Å². The minimum atomic E-state index is -4.87. The average Bonchev–Trinajstić information content (AvgIpc) is 3.36. The second-order valence-corrected chi connectivity index (χ2v) is 8.61. The summed E-state index contributed by atoms with van der Waals surface area (Å²) in [7, 11) is 0. The molecule has 2 aromatic rings. The average molecular weight is 501 g/mol. The Balaban J connectivity index is 1.64. The second kappa shape index (κ2) is 8.17. The van der Waals surface area contributed by atoms with Gasteiger partial charge in [0.25, 0.3) is 5.91 Å². The number of halogens is 6. The number of carbonyl (C=O) groups is 1. The van der Waals surface area contributed by atoms with E-state index >= 15 is 0 Å². The molecular weight excluding hydrogens is 487 g/mol. The maximum absolute atomic E-state index is 14.2. The number of hydrogen-bond donors (Lipinski definition) is 2. The topological polar surface area (TPSA) is 86.5 Å². The largest absolute Gasteiger partial charge is 0.424 e. The first-order valence-electron chi connectivity index (χ1n) is 9.55. The molecule has 1 atom stereocenters. The molecule has 1 heterocycles. The van der Waals surface area contributed by atoms with Crippen LogP contribution in [0.25, 0.3) is 0 Å². The summed E-state index contributed by atoms with van der Waals surface area (Å²) in [6.07, 6.45) is -4.71. The summed E-state index contributed by atoms with van der Waals surface area (Å²) < 4.78 is 56.4. The van der Waals surface area contributed by atoms with Crippen LogP contribution in [0.4, 0.5) is 23.2 Å². The molecule has 33 heavy (non-hydrogen) atoms. The molecule has 1 saturated carbocycles. The molecule has 2 aliphatic rings. The van der Waals surface area contributed by atoms with Gasteiger partial charge in [0.05, 0.1) is 23.7 Å². The summed E-state index contributed by atoms with van der Waals surface area (Å²) in [5.74, 6) is -1.89. The molecule has 12 heteroatoms. The summed E-state index contributed by atoms with van der Waals surface area (Å²) in [6.45, 7) is 0. The molecule has 0 bridgehead atoms. The summed E-state index contributed by atoms with van der Waals surface area (Å²) in [5.41, 5.74) is -2.36. The monoisotopic (exact) mass is 500 g/mol. The summed E-state index contributed by atoms with van der Waals surface area (Å²) in [5, 5.41) is 11.5. The molecule has 0 aromatic heterocycles. The van der Waals surface area contributed by atoms with Gasteiger partial charge in [-0.1, -0.05) is 23.2 Å². The highest BCUT2D eigenvalue weighted by molar-refractivity contribution is 6.34. The Hall–Kier alpha value is -2.87. The van der Waals surface area contributed by atoms with Crippen LogP contribution in [0.5, 0.6) is 0 Å². The molecule has 1 saturated heterocycles. The van der Waals surface area contributed by atoms with E-state index in [0.717, 1.165) is 24.3 Å². The SMILES string of the molecule is N#CC1(NC(=O)c2cc(N=C3CC(c4cc(Cl)cc(Cl)c4)(C(F)(F)F)ON3)ccc2F)CC1. The van der Waals surface area contributed by atoms with Crippen LogP contribution in [0.15, 0.2) is 41.4 Å². The van der Waals surface area contributed by atoms with Crippen molar-refractivity contribution in [3.8, 4) is 6.07 Å². The van der Waals surface area contributed by atoms with Crippen molar-refractivity contribution in [1.29, 1.82) is 5.26 Å². The smallest absolute Gasteiger partial charge is 0.334 e. The molecule has 2 N–H and O–H groups in total. The molecule has 6 nitrogen and oxygen atoms in total. The fourth-order valence-corrected chi connectivity index (χ4v) is 3.90. The van der Waals surface area contributed by atoms with Crippen molar-refractivity contribution >= 4 is 40.6 Å². The molecule has 1 amide bonds. The van der Waals surface area contributed by atoms with Crippen molar-refractivity contribution in [2.75, 3.05) is 0 Å². The Kier molecular flexibility index (Phi) is 5.76. The summed E-state index contributed by atoms with van der Waals surface area (Å²) >= 11 is 11.8. The lowest BCUT2D eigenvalue weighted by Gasteiger charge is -2.29. The number of nitriles is 1. The van der Waals surface area contributed by atoms with E-state index in [-0.39, 0.29) is 32.7 Å². The van der Waals surface area contributed by atoms with E-state index in [9.17, 15) is 22.4 Å². The first-order valence-corrected chi connectivity index (χ1v) is 10.3. The lowest BCUT2D eigenvalue weighted by Crippen LogP contribution is -2.42. The zero-order valence-electron chi connectivity index (χ0n) is 16.6. The van der Waals surface area contributed by atoms with Crippen molar-refractivity contribution in [2.24, 2.45) is 4.99 Å². The second-order valence-electron chi connectivity index (χ2n) is 7.73. The number of nitrogens with one attached hydrogen (secondary N) is 2. The van der Waals surface area contributed by atoms with Crippen LogP contribution in [0.1, 0.15) is 35.2 Å². The molecule has 0 spiro atoms. The van der Waals surface area contributed by atoms with Crippen LogP contribution >= 0.6 is 23.2 Å². The van der Waals surface area contributed by atoms with Crippen molar-refractivity contribution in [2.45, 2.75) is 36.6 Å². The van der Waals surface area contributed by atoms with Gasteiger partial charge in [0.2, 0.25) is 5.60 Å². The van der Waals surface area contributed by atoms with Gasteiger partial charge >= 0.3 is 6.18 Å². The number of carbonyl (C=O) groups excluding carboxylic acids is 1. The van der Waals surface area contributed by atoms with Crippen LogP contribution in [0.2, 0.25) is 10.0 Å². The standard InChI is InChI=1S/C21H14Cl2F4N4O2/c22-12-5-11(6-13(23)7-12)20(21(25,26)27)9-17(31-33-20)29-14-1-2-16(24)15(8-14)18(32)30-19(10-28)3-4-19/h1-2,5-8H,3-4,9H2,(H,29,31)(H,30,32). The normalized spacial score (nSPS) is 22.5. The van der Waals surface area contributed by atoms with Crippen LogP contribution in [-0.4, -0.2) is 23.5 Å². The zero-order valence-corrected chi connectivity index (χ0v) is 18.1. The van der Waals surface area contributed by atoms with E-state index < -0.39 is 35.5 Å². The molecule has 1 aliphatic carbocycles. The number of hydroxylamine groups is 1. The fraction of sp³-hybridized carbons (Fsp3) is 0.286. The maximum atomic E-state index is 14.2. The predicted octanol–water partition coefficient (Wildman–Crippen LogP) is 5.33. The van der Waals surface area contributed by atoms with E-state index in [1.165, 1.54) is 12.1 Å². The zero-order chi connectivity index (χ0) is 24.0. The van der Waals surface area contributed by atoms with Gasteiger partial charge in [-0.3, -0.25) is 15.1 Å². The van der Waals surface area contributed by atoms with E-state index in [1.807, 2.05) is 6.07 Å². The molecule has 0 radical (unpaired) electrons. The van der Waals surface area contributed by atoms with Gasteiger partial charge in [-0.15, -0.1) is 0 Å². The van der Waals surface area contributed by atoms with Gasteiger partial charge in [0, 0.05) is 10.0 Å². The highest BCUT2D eigenvalue weighted by Gasteiger charge is 2.62. The molecule has 4 rings (SSSR count). The number of amides is 1. The van der Waals surface area contributed by atoms with Crippen LogP contribution in [0.3, 0.4) is 0 Å². The highest BCUT2D eigenvalue weighted by Crippen LogP contribution is 2.48. The molecule has 1 unspecified atom stereocenters. The fourth-order valence-electron chi connectivity index (χ4n) is 3.37. The third kappa shape index (κ3) is 4.49. The number of rotatable bonds is 4. The Bertz CT molecular complexity index is 1190. The van der Waals surface area contributed by atoms with Crippen LogP contribution < -0.4 is 10.8 Å². The lowest BCUT2D eigenvalue weighted by atomic mass is 9.90. The van der Waals surface area contributed by atoms with Gasteiger partial charge in [-0.25, -0.2) is 9.38 Å². The van der Waals surface area contributed by atoms with Gasteiger partial charge in [-0.2, -0.15) is 18.4 Å². The molecule has 2 aromatic carbocycles. The minimum absolute atomic E-state index is 0.00453. The number of aliphatic imine (C=N–C) groups is 1. The first-order chi connectivity index (χ1) is 15.5. The first kappa shape index (κ1) is 23.3. The summed E-state index contributed by atoms with van der Waals surface area (Å²) in [4.78, 5) is 21.4. The Labute approximate surface area is 195 Å². The van der Waals surface area contributed by atoms with Crippen molar-refractivity contribution in [3.05, 3.63) is 63.4 Å². The molecular formula is C21H14Cl2F4N4O2. The quantitative estimate of drug-likeness (QED) is 0.555. The molecule has 2 fully saturated rings.